The second kappa shape index (κ2) is 7.42. The molecule has 1 aromatic carbocycles. The number of fused-ring (bicyclic) bond motifs is 1. The summed E-state index contributed by atoms with van der Waals surface area (Å²) >= 11 is 0. The van der Waals surface area contributed by atoms with Crippen molar-refractivity contribution in [3.63, 3.8) is 0 Å². The number of hydrogen-bond acceptors (Lipinski definition) is 4. The number of nitrogens with zero attached hydrogens (tertiary/aromatic N) is 3. The van der Waals surface area contributed by atoms with Gasteiger partial charge in [-0.05, 0) is 36.6 Å². The monoisotopic (exact) mass is 368 g/mol. The van der Waals surface area contributed by atoms with E-state index in [1.165, 1.54) is 0 Å². The van der Waals surface area contributed by atoms with Crippen molar-refractivity contribution in [2.45, 2.75) is 45.3 Å². The van der Waals surface area contributed by atoms with Crippen LogP contribution in [-0.4, -0.2) is 38.1 Å². The van der Waals surface area contributed by atoms with Gasteiger partial charge in [-0.1, -0.05) is 18.6 Å². The third-order valence-electron chi connectivity index (χ3n) is 5.36. The molecule has 2 N–H and O–H groups in total. The highest BCUT2D eigenvalue weighted by atomic mass is 16.3. The first-order valence-electron chi connectivity index (χ1n) is 9.47. The lowest BCUT2D eigenvalue weighted by Crippen LogP contribution is -2.43. The molecule has 0 saturated heterocycles. The van der Waals surface area contributed by atoms with E-state index in [-0.39, 0.29) is 29.9 Å². The molecule has 2 heterocycles. The van der Waals surface area contributed by atoms with E-state index in [1.807, 2.05) is 21.7 Å². The van der Waals surface area contributed by atoms with Crippen LogP contribution in [0.2, 0.25) is 0 Å². The van der Waals surface area contributed by atoms with Gasteiger partial charge >= 0.3 is 0 Å². The topological polar surface area (TPSA) is 87.5 Å². The quantitative estimate of drug-likeness (QED) is 0.839. The molecule has 4 rings (SSSR count). The molecule has 0 spiro atoms. The fourth-order valence-electron chi connectivity index (χ4n) is 3.62. The third kappa shape index (κ3) is 3.97. The highest BCUT2D eigenvalue weighted by Crippen LogP contribution is 2.29. The largest absolute Gasteiger partial charge is 0.508 e. The summed E-state index contributed by atoms with van der Waals surface area (Å²) in [4.78, 5) is 26.5. The summed E-state index contributed by atoms with van der Waals surface area (Å²) in [7, 11) is 0. The first kappa shape index (κ1) is 17.6. The third-order valence-corrected chi connectivity index (χ3v) is 5.36. The Hall–Kier alpha value is -2.83. The van der Waals surface area contributed by atoms with Crippen molar-refractivity contribution in [2.24, 2.45) is 5.92 Å². The van der Waals surface area contributed by atoms with Crippen molar-refractivity contribution in [1.29, 1.82) is 0 Å². The summed E-state index contributed by atoms with van der Waals surface area (Å²) in [5, 5.41) is 16.9. The Labute approximate surface area is 158 Å². The average Bonchev–Trinajstić information content (AvgIpc) is 3.00. The minimum atomic E-state index is -0.117. The first-order chi connectivity index (χ1) is 13.1. The number of amides is 2. The van der Waals surface area contributed by atoms with Gasteiger partial charge in [-0.15, -0.1) is 0 Å². The maximum absolute atomic E-state index is 12.4. The Balaban J connectivity index is 1.31. The Morgan fingerprint density at radius 3 is 2.81 bits per heavy atom. The zero-order valence-electron chi connectivity index (χ0n) is 15.2. The van der Waals surface area contributed by atoms with Gasteiger partial charge in [-0.25, -0.2) is 0 Å². The van der Waals surface area contributed by atoms with Crippen molar-refractivity contribution in [2.75, 3.05) is 6.54 Å². The Morgan fingerprint density at radius 2 is 2.07 bits per heavy atom. The molecule has 27 heavy (non-hydrogen) atoms. The SMILES string of the molecule is O=C(Cc1cccc(O)c1)NCc1cc2n(n1)CCN(C(=O)C1CCC1)C2. The summed E-state index contributed by atoms with van der Waals surface area (Å²) in [5.74, 6) is 0.529. The number of carbonyl (C=O) groups excluding carboxylic acids is 2. The molecule has 1 aliphatic carbocycles. The molecule has 1 fully saturated rings. The molecular formula is C20H24N4O3. The van der Waals surface area contributed by atoms with Gasteiger partial charge in [-0.2, -0.15) is 5.10 Å². The van der Waals surface area contributed by atoms with Crippen LogP contribution in [0, 0.1) is 5.92 Å². The number of nitrogens with one attached hydrogen (secondary N) is 1. The fraction of sp³-hybridized carbons (Fsp3) is 0.450. The summed E-state index contributed by atoms with van der Waals surface area (Å²) in [6, 6.07) is 8.66. The van der Waals surface area contributed by atoms with Gasteiger partial charge in [0.15, 0.2) is 0 Å². The molecule has 7 nitrogen and oxygen atoms in total. The van der Waals surface area contributed by atoms with E-state index in [0.29, 0.717) is 26.2 Å². The molecule has 1 saturated carbocycles. The number of aromatic nitrogens is 2. The van der Waals surface area contributed by atoms with Gasteiger partial charge in [0.25, 0.3) is 0 Å². The predicted octanol–water partition coefficient (Wildman–Crippen LogP) is 1.59. The summed E-state index contributed by atoms with van der Waals surface area (Å²) in [6.07, 6.45) is 3.41. The van der Waals surface area contributed by atoms with Crippen LogP contribution < -0.4 is 5.32 Å². The predicted molar refractivity (Wildman–Crippen MR) is 98.6 cm³/mol. The van der Waals surface area contributed by atoms with Crippen LogP contribution in [0.3, 0.4) is 0 Å². The zero-order valence-corrected chi connectivity index (χ0v) is 15.2. The van der Waals surface area contributed by atoms with Gasteiger partial charge in [0, 0.05) is 12.5 Å². The lowest BCUT2D eigenvalue weighted by atomic mass is 9.84. The van der Waals surface area contributed by atoms with E-state index in [0.717, 1.165) is 36.2 Å². The van der Waals surface area contributed by atoms with Crippen LogP contribution in [0.15, 0.2) is 30.3 Å². The van der Waals surface area contributed by atoms with Crippen LogP contribution in [0.4, 0.5) is 0 Å². The molecule has 2 amide bonds. The Kier molecular flexibility index (Phi) is 4.83. The average molecular weight is 368 g/mol. The van der Waals surface area contributed by atoms with Gasteiger partial charge in [-0.3, -0.25) is 14.3 Å². The van der Waals surface area contributed by atoms with Crippen LogP contribution in [0.25, 0.3) is 0 Å². The van der Waals surface area contributed by atoms with Gasteiger partial charge in [0.2, 0.25) is 11.8 Å². The smallest absolute Gasteiger partial charge is 0.226 e. The molecule has 1 aromatic heterocycles. The molecule has 0 unspecified atom stereocenters. The van der Waals surface area contributed by atoms with Crippen molar-refractivity contribution in [3.05, 3.63) is 47.3 Å². The molecule has 2 aliphatic rings. The van der Waals surface area contributed by atoms with E-state index in [4.69, 9.17) is 0 Å². The number of phenolic OH excluding ortho intramolecular Hbond substituents is 1. The highest BCUT2D eigenvalue weighted by molar-refractivity contribution is 5.79. The zero-order chi connectivity index (χ0) is 18.8. The van der Waals surface area contributed by atoms with Crippen molar-refractivity contribution >= 4 is 11.8 Å². The Bertz CT molecular complexity index is 857. The Morgan fingerprint density at radius 1 is 1.22 bits per heavy atom. The molecule has 142 valence electrons. The first-order valence-corrected chi connectivity index (χ1v) is 9.47. The van der Waals surface area contributed by atoms with Gasteiger partial charge < -0.3 is 15.3 Å². The maximum atomic E-state index is 12.4. The van der Waals surface area contributed by atoms with E-state index >= 15 is 0 Å². The lowest BCUT2D eigenvalue weighted by Gasteiger charge is -2.34. The van der Waals surface area contributed by atoms with Gasteiger partial charge in [0.05, 0.1) is 37.4 Å². The van der Waals surface area contributed by atoms with Crippen LogP contribution in [0.1, 0.15) is 36.2 Å². The molecule has 0 atom stereocenters. The van der Waals surface area contributed by atoms with Crippen molar-refractivity contribution < 1.29 is 14.7 Å². The van der Waals surface area contributed by atoms with E-state index < -0.39 is 0 Å². The van der Waals surface area contributed by atoms with Gasteiger partial charge in [0.1, 0.15) is 5.75 Å². The highest BCUT2D eigenvalue weighted by Gasteiger charge is 2.31. The molecule has 2 aromatic rings. The molecule has 0 bridgehead atoms. The summed E-state index contributed by atoms with van der Waals surface area (Å²) in [6.45, 7) is 2.35. The standard InChI is InChI=1S/C20H24N4O3/c25-18-6-1-3-14(9-18)10-19(26)21-12-16-11-17-13-23(7-8-24(17)22-16)20(27)15-4-2-5-15/h1,3,6,9,11,15,25H,2,4-5,7-8,10,12-13H2,(H,21,26). The number of carbonyl (C=O) groups is 2. The molecule has 0 radical (unpaired) electrons. The van der Waals surface area contributed by atoms with Crippen LogP contribution in [0.5, 0.6) is 5.75 Å². The normalized spacial score (nSPS) is 16.5. The second-order valence-electron chi connectivity index (χ2n) is 7.36. The minimum absolute atomic E-state index is 0.117. The van der Waals surface area contributed by atoms with Crippen LogP contribution >= 0.6 is 0 Å². The van der Waals surface area contributed by atoms with Crippen molar-refractivity contribution in [3.8, 4) is 5.75 Å². The van der Waals surface area contributed by atoms with Crippen molar-refractivity contribution in [1.82, 2.24) is 20.0 Å². The second-order valence-corrected chi connectivity index (χ2v) is 7.36. The number of aromatic hydroxyl groups is 1. The number of rotatable bonds is 5. The minimum Gasteiger partial charge on any atom is -0.508 e. The molecule has 1 aliphatic heterocycles. The number of phenols is 1. The van der Waals surface area contributed by atoms with E-state index in [9.17, 15) is 14.7 Å². The van der Waals surface area contributed by atoms with Crippen LogP contribution in [-0.2, 0) is 35.6 Å². The van der Waals surface area contributed by atoms with E-state index in [1.54, 1.807) is 18.2 Å². The maximum Gasteiger partial charge on any atom is 0.226 e. The number of benzene rings is 1. The number of hydrogen-bond donors (Lipinski definition) is 2. The lowest BCUT2D eigenvalue weighted by molar-refractivity contribution is -0.139. The summed E-state index contributed by atoms with van der Waals surface area (Å²) in [5.41, 5.74) is 2.58. The van der Waals surface area contributed by atoms with E-state index in [2.05, 4.69) is 10.4 Å². The summed E-state index contributed by atoms with van der Waals surface area (Å²) < 4.78 is 1.93. The molecule has 7 heteroatoms. The molecular weight excluding hydrogens is 344 g/mol. The fourth-order valence-corrected chi connectivity index (χ4v) is 3.62.